The molecule has 0 spiro atoms. The zero-order valence-corrected chi connectivity index (χ0v) is 22.4. The van der Waals surface area contributed by atoms with Gasteiger partial charge in [-0.3, -0.25) is 4.79 Å². The number of aromatic nitrogens is 1. The summed E-state index contributed by atoms with van der Waals surface area (Å²) in [5, 5.41) is 3.06. The summed E-state index contributed by atoms with van der Waals surface area (Å²) in [6.45, 7) is 1.85. The Kier molecular flexibility index (Phi) is 7.35. The van der Waals surface area contributed by atoms with Gasteiger partial charge in [-0.2, -0.15) is 0 Å². The average Bonchev–Trinajstić information content (AvgIpc) is 3.25. The molecule has 37 heavy (non-hydrogen) atoms. The number of hydrogen-bond donors (Lipinski definition) is 1. The van der Waals surface area contributed by atoms with E-state index in [0.29, 0.717) is 33.7 Å². The third kappa shape index (κ3) is 6.94. The van der Waals surface area contributed by atoms with Crippen LogP contribution in [0.3, 0.4) is 0 Å². The molecule has 0 bridgehead atoms. The smallest absolute Gasteiger partial charge is 0.284 e. The van der Waals surface area contributed by atoms with E-state index in [1.807, 2.05) is 6.92 Å². The second-order valence-corrected chi connectivity index (χ2v) is 13.4. The van der Waals surface area contributed by atoms with E-state index in [-0.39, 0.29) is 9.79 Å². The number of thiazole rings is 1. The first-order chi connectivity index (χ1) is 17.4. The van der Waals surface area contributed by atoms with Crippen molar-refractivity contribution in [1.82, 2.24) is 4.98 Å². The van der Waals surface area contributed by atoms with Crippen LogP contribution in [0.1, 0.15) is 14.7 Å². The predicted octanol–water partition coefficient (Wildman–Crippen LogP) is 5.10. The third-order valence-electron chi connectivity index (χ3n) is 4.93. The molecule has 0 aliphatic rings. The fourth-order valence-corrected chi connectivity index (χ4v) is 5.11. The fraction of sp³-hybridized carbons (Fsp3) is 0.120. The number of ether oxygens (including phenoxy) is 2. The van der Waals surface area contributed by atoms with Crippen LogP contribution in [0.15, 0.2) is 82.7 Å². The lowest BCUT2D eigenvalue weighted by Gasteiger charge is -2.13. The summed E-state index contributed by atoms with van der Waals surface area (Å²) in [6.07, 6.45) is 3.84. The van der Waals surface area contributed by atoms with E-state index in [1.54, 1.807) is 24.4 Å². The van der Waals surface area contributed by atoms with Gasteiger partial charge >= 0.3 is 0 Å². The molecule has 0 saturated heterocycles. The summed E-state index contributed by atoms with van der Waals surface area (Å²) >= 11 is 1.25. The number of nitrogens with zero attached hydrogens (tertiary/aromatic N) is 1. The van der Waals surface area contributed by atoms with Crippen molar-refractivity contribution < 1.29 is 31.1 Å². The number of nitrogens with one attached hydrogen (secondary N) is 1. The first-order valence-corrected chi connectivity index (χ1v) is 15.3. The van der Waals surface area contributed by atoms with Crippen molar-refractivity contribution in [2.45, 2.75) is 16.7 Å². The molecule has 1 heterocycles. The van der Waals surface area contributed by atoms with Crippen molar-refractivity contribution >= 4 is 42.6 Å². The van der Waals surface area contributed by atoms with Gasteiger partial charge in [0.25, 0.3) is 5.91 Å². The average molecular weight is 559 g/mol. The van der Waals surface area contributed by atoms with Crippen molar-refractivity contribution in [2.24, 2.45) is 0 Å². The number of carbonyl (C=O) groups excluding carboxylic acids is 1. The minimum Gasteiger partial charge on any atom is -0.457 e. The number of amides is 1. The van der Waals surface area contributed by atoms with Gasteiger partial charge in [-0.05, 0) is 55.5 Å². The molecular formula is C25H22N2O7S3. The quantitative estimate of drug-likeness (QED) is 0.316. The molecule has 1 N–H and O–H groups in total. The van der Waals surface area contributed by atoms with Gasteiger partial charge in [-0.15, -0.1) is 11.3 Å². The largest absolute Gasteiger partial charge is 0.457 e. The third-order valence-corrected chi connectivity index (χ3v) is 8.10. The highest BCUT2D eigenvalue weighted by molar-refractivity contribution is 7.91. The van der Waals surface area contributed by atoms with Gasteiger partial charge in [0.2, 0.25) is 0 Å². The van der Waals surface area contributed by atoms with Crippen LogP contribution in [-0.2, 0) is 19.7 Å². The Morgan fingerprint density at radius 2 is 1.22 bits per heavy atom. The summed E-state index contributed by atoms with van der Waals surface area (Å²) in [5.74, 6) is 0.951. The number of benzene rings is 3. The number of sulfone groups is 2. The normalized spacial score (nSPS) is 11.6. The minimum atomic E-state index is -3.36. The van der Waals surface area contributed by atoms with Crippen LogP contribution in [0.25, 0.3) is 0 Å². The molecule has 4 rings (SSSR count). The number of hydrogen-bond acceptors (Lipinski definition) is 9. The molecule has 0 atom stereocenters. The van der Waals surface area contributed by atoms with Crippen molar-refractivity contribution in [3.63, 3.8) is 0 Å². The summed E-state index contributed by atoms with van der Waals surface area (Å²) < 4.78 is 58.7. The molecule has 192 valence electrons. The van der Waals surface area contributed by atoms with E-state index in [4.69, 9.17) is 9.47 Å². The summed E-state index contributed by atoms with van der Waals surface area (Å²) in [7, 11) is -6.71. The van der Waals surface area contributed by atoms with Gasteiger partial charge < -0.3 is 14.8 Å². The van der Waals surface area contributed by atoms with Crippen LogP contribution >= 0.6 is 11.3 Å². The molecule has 0 aliphatic carbocycles. The Morgan fingerprint density at radius 3 is 1.59 bits per heavy atom. The number of anilines is 1. The molecule has 1 aromatic heterocycles. The first kappa shape index (κ1) is 26.3. The van der Waals surface area contributed by atoms with Crippen molar-refractivity contribution in [3.8, 4) is 23.0 Å². The molecule has 0 aliphatic heterocycles. The highest BCUT2D eigenvalue weighted by Gasteiger charge is 2.14. The highest BCUT2D eigenvalue weighted by atomic mass is 32.2. The summed E-state index contributed by atoms with van der Waals surface area (Å²) in [4.78, 5) is 18.0. The molecule has 0 fully saturated rings. The zero-order valence-electron chi connectivity index (χ0n) is 20.0. The van der Waals surface area contributed by atoms with Gasteiger partial charge in [0.05, 0.1) is 9.79 Å². The first-order valence-electron chi connectivity index (χ1n) is 10.7. The van der Waals surface area contributed by atoms with Gasteiger partial charge in [0.1, 0.15) is 23.0 Å². The van der Waals surface area contributed by atoms with Gasteiger partial charge in [-0.25, -0.2) is 21.8 Å². The lowest BCUT2D eigenvalue weighted by atomic mass is 10.2. The molecule has 0 saturated carbocycles. The van der Waals surface area contributed by atoms with Crippen molar-refractivity contribution in [1.29, 1.82) is 0 Å². The van der Waals surface area contributed by atoms with Crippen LogP contribution in [0, 0.1) is 6.92 Å². The molecule has 0 radical (unpaired) electrons. The van der Waals surface area contributed by atoms with Crippen molar-refractivity contribution in [3.05, 3.63) is 82.8 Å². The van der Waals surface area contributed by atoms with Crippen LogP contribution in [-0.4, -0.2) is 40.2 Å². The second-order valence-electron chi connectivity index (χ2n) is 8.11. The van der Waals surface area contributed by atoms with Crippen LogP contribution < -0.4 is 14.8 Å². The Labute approximate surface area is 218 Å². The lowest BCUT2D eigenvalue weighted by Crippen LogP contribution is -2.11. The zero-order chi connectivity index (χ0) is 26.8. The standard InChI is InChI=1S/C25H22N2O7S3/c1-16-15-26-25(35-16)24(28)27-17-12-20(33-18-4-8-22(9-5-18)36(2,29)30)14-21(13-17)34-19-6-10-23(11-7-19)37(3,31)32/h4-15H,1-3H3,(H,27,28). The van der Waals surface area contributed by atoms with Gasteiger partial charge in [-0.1, -0.05) is 0 Å². The maximum atomic E-state index is 12.7. The van der Waals surface area contributed by atoms with E-state index in [2.05, 4.69) is 10.3 Å². The lowest BCUT2D eigenvalue weighted by molar-refractivity contribution is 0.102. The van der Waals surface area contributed by atoms with Gasteiger partial charge in [0, 0.05) is 47.5 Å². The molecule has 0 unspecified atom stereocenters. The second kappa shape index (κ2) is 10.3. The van der Waals surface area contributed by atoms with E-state index >= 15 is 0 Å². The monoisotopic (exact) mass is 558 g/mol. The van der Waals surface area contributed by atoms with E-state index in [0.717, 1.165) is 17.4 Å². The Balaban J connectivity index is 1.63. The predicted molar refractivity (Wildman–Crippen MR) is 140 cm³/mol. The maximum absolute atomic E-state index is 12.7. The summed E-state index contributed by atoms with van der Waals surface area (Å²) in [6, 6.07) is 16.6. The van der Waals surface area contributed by atoms with Crippen LogP contribution in [0.2, 0.25) is 0 Å². The van der Waals surface area contributed by atoms with Crippen LogP contribution in [0.4, 0.5) is 5.69 Å². The Hall–Kier alpha value is -3.74. The molecule has 4 aromatic rings. The number of aryl methyl sites for hydroxylation is 1. The molecular weight excluding hydrogens is 536 g/mol. The Bertz CT molecular complexity index is 1560. The number of carbonyl (C=O) groups is 1. The van der Waals surface area contributed by atoms with E-state index in [1.165, 1.54) is 59.9 Å². The summed E-state index contributed by atoms with van der Waals surface area (Å²) in [5.41, 5.74) is 0.367. The molecule has 1 amide bonds. The van der Waals surface area contributed by atoms with E-state index in [9.17, 15) is 21.6 Å². The topological polar surface area (TPSA) is 129 Å². The molecule has 3 aromatic carbocycles. The highest BCUT2D eigenvalue weighted by Crippen LogP contribution is 2.33. The SMILES string of the molecule is Cc1cnc(C(=O)Nc2cc(Oc3ccc(S(C)(=O)=O)cc3)cc(Oc3ccc(S(C)(=O)=O)cc3)c2)s1. The maximum Gasteiger partial charge on any atom is 0.284 e. The minimum absolute atomic E-state index is 0.154. The van der Waals surface area contributed by atoms with Crippen molar-refractivity contribution in [2.75, 3.05) is 17.8 Å². The number of rotatable bonds is 8. The molecule has 9 nitrogen and oxygen atoms in total. The molecule has 12 heteroatoms. The Morgan fingerprint density at radius 1 is 0.757 bits per heavy atom. The van der Waals surface area contributed by atoms with E-state index < -0.39 is 25.6 Å². The van der Waals surface area contributed by atoms with Gasteiger partial charge in [0.15, 0.2) is 24.7 Å². The fourth-order valence-electron chi connectivity index (χ4n) is 3.19. The van der Waals surface area contributed by atoms with Crippen LogP contribution in [0.5, 0.6) is 23.0 Å².